The molecule has 1 saturated heterocycles. The Kier molecular flexibility index (Phi) is 5.34. The van der Waals surface area contributed by atoms with Crippen LogP contribution in [-0.2, 0) is 18.9 Å². The van der Waals surface area contributed by atoms with Gasteiger partial charge in [0.25, 0.3) is 5.56 Å². The molecule has 0 unspecified atom stereocenters. The number of nitrogens with zero attached hydrogens (tertiary/aromatic N) is 3. The van der Waals surface area contributed by atoms with Crippen LogP contribution in [0.3, 0.4) is 0 Å². The van der Waals surface area contributed by atoms with E-state index in [9.17, 15) is 14.4 Å². The summed E-state index contributed by atoms with van der Waals surface area (Å²) in [5.74, 6) is 0.979. The average molecular weight is 372 g/mol. The maximum Gasteiger partial charge on any atom is 0.332 e. The number of amides is 1. The molecule has 144 valence electrons. The molecule has 3 rings (SSSR count). The lowest BCUT2D eigenvalue weighted by atomic mass is 9.97. The zero-order chi connectivity index (χ0) is 19.6. The Labute approximate surface area is 157 Å². The summed E-state index contributed by atoms with van der Waals surface area (Å²) in [6.45, 7) is 1.16. The molecule has 8 heteroatoms. The molecule has 1 atom stereocenters. The van der Waals surface area contributed by atoms with Crippen LogP contribution in [0.2, 0.25) is 0 Å². The van der Waals surface area contributed by atoms with Gasteiger partial charge in [-0.05, 0) is 37.1 Å². The fraction of sp³-hybridized carbons (Fsp3) is 0.421. The number of methoxy groups -OCH3 is 1. The summed E-state index contributed by atoms with van der Waals surface area (Å²) < 4.78 is 7.64. The maximum absolute atomic E-state index is 12.7. The van der Waals surface area contributed by atoms with Crippen molar-refractivity contribution in [2.24, 2.45) is 20.0 Å². The number of ether oxygens (including phenoxy) is 1. The molecule has 1 aromatic carbocycles. The summed E-state index contributed by atoms with van der Waals surface area (Å²) in [6.07, 6.45) is 1.57. The Morgan fingerprint density at radius 2 is 1.85 bits per heavy atom. The summed E-state index contributed by atoms with van der Waals surface area (Å²) in [5.41, 5.74) is -0.0147. The van der Waals surface area contributed by atoms with Crippen LogP contribution in [0.25, 0.3) is 0 Å². The van der Waals surface area contributed by atoms with Crippen LogP contribution in [-0.4, -0.2) is 35.2 Å². The van der Waals surface area contributed by atoms with Crippen LogP contribution >= 0.6 is 0 Å². The summed E-state index contributed by atoms with van der Waals surface area (Å²) >= 11 is 0. The zero-order valence-corrected chi connectivity index (χ0v) is 15.8. The van der Waals surface area contributed by atoms with E-state index in [4.69, 9.17) is 4.74 Å². The third-order valence-electron chi connectivity index (χ3n) is 4.97. The minimum atomic E-state index is -0.373. The number of anilines is 2. The van der Waals surface area contributed by atoms with Gasteiger partial charge >= 0.3 is 5.69 Å². The molecule has 1 amide bonds. The Hall–Kier alpha value is -3.03. The van der Waals surface area contributed by atoms with Gasteiger partial charge in [0, 0.05) is 38.9 Å². The summed E-state index contributed by atoms with van der Waals surface area (Å²) in [4.78, 5) is 38.8. The van der Waals surface area contributed by atoms with Gasteiger partial charge in [0.05, 0.1) is 13.0 Å². The number of carbonyl (C=O) groups is 1. The predicted molar refractivity (Wildman–Crippen MR) is 103 cm³/mol. The molecule has 1 aromatic heterocycles. The highest BCUT2D eigenvalue weighted by Gasteiger charge is 2.27. The van der Waals surface area contributed by atoms with E-state index in [0.29, 0.717) is 24.6 Å². The molecule has 1 fully saturated rings. The first-order valence-electron chi connectivity index (χ1n) is 8.87. The number of rotatable bonds is 4. The van der Waals surface area contributed by atoms with E-state index in [1.165, 1.54) is 17.7 Å². The van der Waals surface area contributed by atoms with Crippen molar-refractivity contribution in [2.45, 2.75) is 12.8 Å². The Balaban J connectivity index is 1.75. The quantitative estimate of drug-likeness (QED) is 0.864. The molecule has 0 radical (unpaired) electrons. The Morgan fingerprint density at radius 1 is 1.15 bits per heavy atom. The molecule has 1 aliphatic rings. The summed E-state index contributed by atoms with van der Waals surface area (Å²) in [7, 11) is 4.68. The number of aromatic nitrogens is 2. The van der Waals surface area contributed by atoms with Gasteiger partial charge < -0.3 is 15.0 Å². The highest BCUT2D eigenvalue weighted by molar-refractivity contribution is 5.93. The predicted octanol–water partition coefficient (Wildman–Crippen LogP) is 0.948. The largest absolute Gasteiger partial charge is 0.497 e. The van der Waals surface area contributed by atoms with Crippen molar-refractivity contribution in [2.75, 3.05) is 30.4 Å². The van der Waals surface area contributed by atoms with Crippen LogP contribution in [0, 0.1) is 5.92 Å². The number of carbonyl (C=O) groups excluding carboxylic acids is 1. The van der Waals surface area contributed by atoms with Gasteiger partial charge in [-0.1, -0.05) is 0 Å². The lowest BCUT2D eigenvalue weighted by Crippen LogP contribution is -2.45. The highest BCUT2D eigenvalue weighted by Crippen LogP contribution is 2.23. The zero-order valence-electron chi connectivity index (χ0n) is 15.8. The number of nitrogens with one attached hydrogen (secondary N) is 1. The number of hydrogen-bond donors (Lipinski definition) is 1. The van der Waals surface area contributed by atoms with Gasteiger partial charge in [-0.25, -0.2) is 4.79 Å². The Bertz CT molecular complexity index is 946. The Morgan fingerprint density at radius 3 is 2.52 bits per heavy atom. The molecule has 0 aliphatic carbocycles. The van der Waals surface area contributed by atoms with Crippen molar-refractivity contribution in [3.8, 4) is 5.75 Å². The molecule has 8 nitrogen and oxygen atoms in total. The van der Waals surface area contributed by atoms with Crippen molar-refractivity contribution >= 4 is 17.4 Å². The maximum atomic E-state index is 12.7. The second-order valence-electron chi connectivity index (χ2n) is 6.74. The summed E-state index contributed by atoms with van der Waals surface area (Å²) in [6, 6.07) is 8.62. The van der Waals surface area contributed by atoms with Crippen LogP contribution in [0.15, 0.2) is 39.9 Å². The summed E-state index contributed by atoms with van der Waals surface area (Å²) in [5, 5.41) is 2.93. The molecule has 0 saturated carbocycles. The van der Waals surface area contributed by atoms with Gasteiger partial charge in [0.15, 0.2) is 0 Å². The van der Waals surface area contributed by atoms with Gasteiger partial charge in [0.1, 0.15) is 11.6 Å². The number of benzene rings is 1. The van der Waals surface area contributed by atoms with Crippen LogP contribution < -0.4 is 26.2 Å². The van der Waals surface area contributed by atoms with E-state index in [1.54, 1.807) is 38.4 Å². The molecular weight excluding hydrogens is 348 g/mol. The van der Waals surface area contributed by atoms with Crippen molar-refractivity contribution in [3.05, 3.63) is 51.2 Å². The molecule has 0 spiro atoms. The van der Waals surface area contributed by atoms with E-state index < -0.39 is 0 Å². The molecule has 0 bridgehead atoms. The van der Waals surface area contributed by atoms with Crippen molar-refractivity contribution in [1.82, 2.24) is 9.13 Å². The lowest BCUT2D eigenvalue weighted by Gasteiger charge is -2.34. The average Bonchev–Trinajstić information content (AvgIpc) is 2.69. The van der Waals surface area contributed by atoms with Crippen molar-refractivity contribution in [1.29, 1.82) is 0 Å². The monoisotopic (exact) mass is 372 g/mol. The third-order valence-corrected chi connectivity index (χ3v) is 4.97. The van der Waals surface area contributed by atoms with Crippen LogP contribution in [0.4, 0.5) is 11.5 Å². The lowest BCUT2D eigenvalue weighted by molar-refractivity contribution is -0.120. The molecule has 1 aliphatic heterocycles. The van der Waals surface area contributed by atoms with E-state index in [1.807, 2.05) is 4.90 Å². The molecule has 27 heavy (non-hydrogen) atoms. The minimum absolute atomic E-state index is 0.0706. The van der Waals surface area contributed by atoms with E-state index in [0.717, 1.165) is 23.2 Å². The van der Waals surface area contributed by atoms with Crippen LogP contribution in [0.5, 0.6) is 5.75 Å². The first-order valence-corrected chi connectivity index (χ1v) is 8.87. The second-order valence-corrected chi connectivity index (χ2v) is 6.74. The van der Waals surface area contributed by atoms with E-state index >= 15 is 0 Å². The normalized spacial score (nSPS) is 16.9. The first kappa shape index (κ1) is 18.8. The topological polar surface area (TPSA) is 85.6 Å². The van der Waals surface area contributed by atoms with E-state index in [-0.39, 0.29) is 23.1 Å². The highest BCUT2D eigenvalue weighted by atomic mass is 16.5. The van der Waals surface area contributed by atoms with Gasteiger partial charge in [0.2, 0.25) is 5.91 Å². The van der Waals surface area contributed by atoms with Gasteiger partial charge in [-0.15, -0.1) is 0 Å². The van der Waals surface area contributed by atoms with Crippen molar-refractivity contribution in [3.63, 3.8) is 0 Å². The molecular formula is C19H24N4O4. The SMILES string of the molecule is COc1ccc(NC(=O)[C@H]2CCCN(c3cc(=O)n(C)c(=O)n3C)C2)cc1. The fourth-order valence-electron chi connectivity index (χ4n) is 3.34. The smallest absolute Gasteiger partial charge is 0.332 e. The van der Waals surface area contributed by atoms with E-state index in [2.05, 4.69) is 5.32 Å². The molecule has 1 N–H and O–H groups in total. The van der Waals surface area contributed by atoms with Gasteiger partial charge in [-0.2, -0.15) is 0 Å². The molecule has 2 aromatic rings. The third kappa shape index (κ3) is 3.89. The van der Waals surface area contributed by atoms with Gasteiger partial charge in [-0.3, -0.25) is 18.7 Å². The first-order chi connectivity index (χ1) is 12.9. The van der Waals surface area contributed by atoms with Crippen molar-refractivity contribution < 1.29 is 9.53 Å². The standard InChI is InChI=1S/C19H24N4O4/c1-21-16(11-17(24)22(2)19(21)26)23-10-4-5-13(12-23)18(25)20-14-6-8-15(27-3)9-7-14/h6-9,11,13H,4-5,10,12H2,1-3H3,(H,20,25)/t13-/m0/s1. The van der Waals surface area contributed by atoms with Crippen LogP contribution in [0.1, 0.15) is 12.8 Å². The second kappa shape index (κ2) is 7.69. The molecule has 2 heterocycles. The minimum Gasteiger partial charge on any atom is -0.497 e. The number of piperidine rings is 1. The fourth-order valence-corrected chi connectivity index (χ4v) is 3.34. The number of hydrogen-bond acceptors (Lipinski definition) is 5.